The first-order chi connectivity index (χ1) is 12.7. The van der Waals surface area contributed by atoms with Crippen molar-refractivity contribution < 1.29 is 18.0 Å². The van der Waals surface area contributed by atoms with E-state index in [0.717, 1.165) is 11.0 Å². The van der Waals surface area contributed by atoms with Crippen LogP contribution in [0.1, 0.15) is 6.42 Å². The number of aromatic nitrogens is 2. The largest absolute Gasteiger partial charge is 0.345 e. The minimum absolute atomic E-state index is 0.0432. The summed E-state index contributed by atoms with van der Waals surface area (Å²) in [4.78, 5) is 35.6. The molecule has 27 heavy (non-hydrogen) atoms. The molecule has 2 aromatic rings. The van der Waals surface area contributed by atoms with E-state index in [0.29, 0.717) is 25.2 Å². The highest BCUT2D eigenvalue weighted by molar-refractivity contribution is 7.91. The quantitative estimate of drug-likeness (QED) is 0.695. The minimum atomic E-state index is -3.17. The number of rotatable bonds is 5. The molecule has 0 radical (unpaired) electrons. The molecule has 1 atom stereocenters. The monoisotopic (exact) mass is 393 g/mol. The van der Waals surface area contributed by atoms with E-state index in [-0.39, 0.29) is 11.5 Å². The number of anilines is 1. The second-order valence-corrected chi connectivity index (χ2v) is 9.18. The lowest BCUT2D eigenvalue weighted by molar-refractivity contribution is -0.144. The molecule has 146 valence electrons. The molecule has 1 aliphatic rings. The molecular formula is C17H23N5O4S. The normalized spacial score (nSPS) is 18.7. The number of carbonyl (C=O) groups is 2. The molecule has 0 spiro atoms. The first kappa shape index (κ1) is 19.3. The standard InChI is InChI=1S/C17H23N5O4S/c1-21(2)6-7-22(13-5-8-27(25,26)10-13)17(24)16(23)20-12-3-4-14-15(9-12)19-11-18-14/h3-4,9,11,13H,5-8,10H2,1-2H3,(H,18,19)(H,20,23). The van der Waals surface area contributed by atoms with Crippen LogP contribution in [0.25, 0.3) is 11.0 Å². The van der Waals surface area contributed by atoms with Crippen LogP contribution in [-0.2, 0) is 19.4 Å². The van der Waals surface area contributed by atoms with Gasteiger partial charge in [0.1, 0.15) is 0 Å². The van der Waals surface area contributed by atoms with E-state index in [1.54, 1.807) is 24.5 Å². The Bertz CT molecular complexity index is 953. The second-order valence-electron chi connectivity index (χ2n) is 6.95. The maximum absolute atomic E-state index is 12.8. The van der Waals surface area contributed by atoms with Gasteiger partial charge in [0.2, 0.25) is 0 Å². The number of imidazole rings is 1. The van der Waals surface area contributed by atoms with Gasteiger partial charge in [0.25, 0.3) is 0 Å². The Morgan fingerprint density at radius 3 is 2.74 bits per heavy atom. The van der Waals surface area contributed by atoms with Gasteiger partial charge in [0, 0.05) is 24.8 Å². The Morgan fingerprint density at radius 1 is 1.30 bits per heavy atom. The van der Waals surface area contributed by atoms with E-state index in [1.807, 2.05) is 19.0 Å². The van der Waals surface area contributed by atoms with Crippen LogP contribution in [0.4, 0.5) is 5.69 Å². The molecular weight excluding hydrogens is 370 g/mol. The first-order valence-corrected chi connectivity index (χ1v) is 10.5. The molecule has 1 unspecified atom stereocenters. The molecule has 9 nitrogen and oxygen atoms in total. The third kappa shape index (κ3) is 4.64. The fourth-order valence-corrected chi connectivity index (χ4v) is 4.84. The molecule has 0 bridgehead atoms. The lowest BCUT2D eigenvalue weighted by atomic mass is 10.2. The summed E-state index contributed by atoms with van der Waals surface area (Å²) in [5.74, 6) is -1.55. The van der Waals surface area contributed by atoms with Gasteiger partial charge in [0.15, 0.2) is 9.84 Å². The summed E-state index contributed by atoms with van der Waals surface area (Å²) in [6.45, 7) is 0.828. The number of likely N-dealkylation sites (N-methyl/N-ethyl adjacent to an activating group) is 1. The summed E-state index contributed by atoms with van der Waals surface area (Å²) in [5.41, 5.74) is 1.96. The van der Waals surface area contributed by atoms with Gasteiger partial charge >= 0.3 is 11.8 Å². The fourth-order valence-electron chi connectivity index (χ4n) is 3.11. The van der Waals surface area contributed by atoms with Crippen molar-refractivity contribution >= 4 is 38.4 Å². The third-order valence-electron chi connectivity index (χ3n) is 4.57. The number of carbonyl (C=O) groups excluding carboxylic acids is 2. The van der Waals surface area contributed by atoms with Crippen molar-refractivity contribution in [2.45, 2.75) is 12.5 Å². The van der Waals surface area contributed by atoms with E-state index >= 15 is 0 Å². The van der Waals surface area contributed by atoms with E-state index in [9.17, 15) is 18.0 Å². The zero-order valence-corrected chi connectivity index (χ0v) is 16.1. The number of hydrogen-bond acceptors (Lipinski definition) is 6. The maximum atomic E-state index is 12.8. The fraction of sp³-hybridized carbons (Fsp3) is 0.471. The Labute approximate surface area is 157 Å². The van der Waals surface area contributed by atoms with Crippen molar-refractivity contribution in [3.05, 3.63) is 24.5 Å². The van der Waals surface area contributed by atoms with Crippen molar-refractivity contribution in [3.63, 3.8) is 0 Å². The van der Waals surface area contributed by atoms with Gasteiger partial charge in [-0.05, 0) is 38.7 Å². The van der Waals surface area contributed by atoms with Gasteiger partial charge in [-0.1, -0.05) is 0 Å². The topological polar surface area (TPSA) is 115 Å². The van der Waals surface area contributed by atoms with Crippen LogP contribution in [0.3, 0.4) is 0 Å². The van der Waals surface area contributed by atoms with Crippen LogP contribution in [0.15, 0.2) is 24.5 Å². The Balaban J connectivity index is 1.74. The number of H-pyrrole nitrogens is 1. The number of hydrogen-bond donors (Lipinski definition) is 2. The lowest BCUT2D eigenvalue weighted by Crippen LogP contribution is -2.48. The Morgan fingerprint density at radius 2 is 2.07 bits per heavy atom. The molecule has 0 saturated carbocycles. The smallest absolute Gasteiger partial charge is 0.313 e. The predicted molar refractivity (Wildman–Crippen MR) is 102 cm³/mol. The van der Waals surface area contributed by atoms with Crippen LogP contribution in [0.5, 0.6) is 0 Å². The second kappa shape index (κ2) is 7.65. The van der Waals surface area contributed by atoms with Crippen LogP contribution in [0, 0.1) is 0 Å². The molecule has 2 amide bonds. The highest BCUT2D eigenvalue weighted by Crippen LogP contribution is 2.19. The number of benzene rings is 1. The van der Waals surface area contributed by atoms with Crippen molar-refractivity contribution in [1.82, 2.24) is 19.8 Å². The Kier molecular flexibility index (Phi) is 5.47. The van der Waals surface area contributed by atoms with Crippen LogP contribution in [0.2, 0.25) is 0 Å². The van der Waals surface area contributed by atoms with E-state index in [4.69, 9.17) is 0 Å². The summed E-state index contributed by atoms with van der Waals surface area (Å²) in [7, 11) is 0.544. The van der Waals surface area contributed by atoms with Gasteiger partial charge in [-0.15, -0.1) is 0 Å². The van der Waals surface area contributed by atoms with Gasteiger partial charge in [-0.2, -0.15) is 0 Å². The molecule has 3 rings (SSSR count). The summed E-state index contributed by atoms with van der Waals surface area (Å²) >= 11 is 0. The van der Waals surface area contributed by atoms with E-state index in [2.05, 4.69) is 15.3 Å². The highest BCUT2D eigenvalue weighted by Gasteiger charge is 2.36. The summed E-state index contributed by atoms with van der Waals surface area (Å²) in [6, 6.07) is 4.62. The van der Waals surface area contributed by atoms with Crippen LogP contribution in [-0.4, -0.2) is 84.7 Å². The molecule has 1 saturated heterocycles. The van der Waals surface area contributed by atoms with Crippen molar-refractivity contribution in [3.8, 4) is 0 Å². The summed E-state index contributed by atoms with van der Waals surface area (Å²) in [6.07, 6.45) is 1.90. The molecule has 2 N–H and O–H groups in total. The molecule has 0 aliphatic carbocycles. The number of nitrogens with zero attached hydrogens (tertiary/aromatic N) is 3. The van der Waals surface area contributed by atoms with Crippen molar-refractivity contribution in [2.24, 2.45) is 0 Å². The average Bonchev–Trinajstić information content (AvgIpc) is 3.20. The highest BCUT2D eigenvalue weighted by atomic mass is 32.2. The zero-order valence-electron chi connectivity index (χ0n) is 15.3. The van der Waals surface area contributed by atoms with Crippen molar-refractivity contribution in [2.75, 3.05) is 44.0 Å². The van der Waals surface area contributed by atoms with Gasteiger partial charge in [0.05, 0.1) is 28.9 Å². The van der Waals surface area contributed by atoms with Crippen LogP contribution < -0.4 is 5.32 Å². The van der Waals surface area contributed by atoms with Crippen molar-refractivity contribution in [1.29, 1.82) is 0 Å². The minimum Gasteiger partial charge on any atom is -0.345 e. The lowest BCUT2D eigenvalue weighted by Gasteiger charge is -2.28. The van der Waals surface area contributed by atoms with E-state index < -0.39 is 27.7 Å². The molecule has 1 aliphatic heterocycles. The number of amides is 2. The summed E-state index contributed by atoms with van der Waals surface area (Å²) < 4.78 is 23.6. The van der Waals surface area contributed by atoms with Gasteiger partial charge in [-0.25, -0.2) is 13.4 Å². The average molecular weight is 393 g/mol. The molecule has 10 heteroatoms. The van der Waals surface area contributed by atoms with Gasteiger partial charge < -0.3 is 20.1 Å². The predicted octanol–water partition coefficient (Wildman–Crippen LogP) is 0.0787. The summed E-state index contributed by atoms with van der Waals surface area (Å²) in [5, 5.41) is 2.59. The third-order valence-corrected chi connectivity index (χ3v) is 6.32. The first-order valence-electron chi connectivity index (χ1n) is 8.65. The number of fused-ring (bicyclic) bond motifs is 1. The van der Waals surface area contributed by atoms with Gasteiger partial charge in [-0.3, -0.25) is 9.59 Å². The van der Waals surface area contributed by atoms with E-state index in [1.165, 1.54) is 4.90 Å². The maximum Gasteiger partial charge on any atom is 0.313 e. The van der Waals surface area contributed by atoms with Crippen LogP contribution >= 0.6 is 0 Å². The number of aromatic amines is 1. The molecule has 1 fully saturated rings. The molecule has 1 aromatic heterocycles. The Hall–Kier alpha value is -2.46. The zero-order chi connectivity index (χ0) is 19.6. The number of nitrogens with one attached hydrogen (secondary N) is 2. The number of sulfone groups is 1. The molecule has 2 heterocycles. The molecule has 1 aromatic carbocycles. The SMILES string of the molecule is CN(C)CCN(C(=O)C(=O)Nc1ccc2nc[nH]c2c1)C1CCS(=O)(=O)C1.